The van der Waals surface area contributed by atoms with Gasteiger partial charge in [0.15, 0.2) is 0 Å². The Morgan fingerprint density at radius 1 is 0.450 bits per heavy atom. The molecule has 0 saturated carbocycles. The van der Waals surface area contributed by atoms with E-state index < -0.39 is 0 Å². The minimum absolute atomic E-state index is 0. The predicted octanol–water partition coefficient (Wildman–Crippen LogP) is 0.621. The minimum atomic E-state index is 0. The summed E-state index contributed by atoms with van der Waals surface area (Å²) in [6, 6.07) is 0. The maximum Gasteiger partial charge on any atom is 0 e. The summed E-state index contributed by atoms with van der Waals surface area (Å²) in [4.78, 5) is 0. The van der Waals surface area contributed by atoms with Crippen molar-refractivity contribution in [2.45, 2.75) is 6.92 Å². The van der Waals surface area contributed by atoms with Gasteiger partial charge in [0.25, 0.3) is 0 Å². The first kappa shape index (κ1) is 19.0. The van der Waals surface area contributed by atoms with Gasteiger partial charge >= 0.3 is 0 Å². The van der Waals surface area contributed by atoms with Crippen LogP contribution in [-0.4, -0.2) is 0 Å². The fraction of sp³-hybridized carbons (Fsp3) is 0.0526. The van der Waals surface area contributed by atoms with Gasteiger partial charge in [0.2, 0.25) is 0 Å². The van der Waals surface area contributed by atoms with E-state index in [9.17, 15) is 0 Å². The third kappa shape index (κ3) is 17.0. The van der Waals surface area contributed by atoms with Crippen LogP contribution in [0.15, 0.2) is 0 Å². The summed E-state index contributed by atoms with van der Waals surface area (Å²) in [5.74, 6) is 41.3. The Labute approximate surface area is 132 Å². The molecule has 0 aliphatic carbocycles. The summed E-state index contributed by atoms with van der Waals surface area (Å²) in [5, 5.41) is 0. The van der Waals surface area contributed by atoms with E-state index in [0.717, 1.165) is 0 Å². The van der Waals surface area contributed by atoms with Gasteiger partial charge in [-0.1, -0.05) is 5.92 Å². The second kappa shape index (κ2) is 18.0. The molecular weight excluding hydrogens is 279 g/mol. The standard InChI is InChI=1S/C19H3.V/c1-3-5-7-9-11-13-15-17-19-18-16-14-12-10-8-6-4-2;/h1H3;/q-1;. The van der Waals surface area contributed by atoms with Crippen molar-refractivity contribution in [3.05, 3.63) is 6.42 Å². The van der Waals surface area contributed by atoms with E-state index in [1.165, 1.54) is 0 Å². The molecule has 0 amide bonds. The van der Waals surface area contributed by atoms with Gasteiger partial charge in [-0.15, -0.1) is 5.92 Å². The van der Waals surface area contributed by atoms with Gasteiger partial charge in [-0.25, -0.2) is 5.92 Å². The summed E-state index contributed by atoms with van der Waals surface area (Å²) in [6.45, 7) is 1.70. The normalized spacial score (nSPS) is 3.60. The van der Waals surface area contributed by atoms with Gasteiger partial charge in [-0.2, -0.15) is 0 Å². The Bertz CT molecular complexity index is 863. The van der Waals surface area contributed by atoms with Crippen LogP contribution in [0.25, 0.3) is 0 Å². The molecule has 0 N–H and O–H groups in total. The molecule has 0 aliphatic rings. The van der Waals surface area contributed by atoms with Gasteiger partial charge in [0, 0.05) is 18.6 Å². The first-order valence-electron chi connectivity index (χ1n) is 4.75. The van der Waals surface area contributed by atoms with Crippen LogP contribution >= 0.6 is 0 Å². The van der Waals surface area contributed by atoms with Crippen LogP contribution in [-0.2, 0) is 18.6 Å². The molecule has 0 unspecified atom stereocenters. The van der Waals surface area contributed by atoms with E-state index >= 15 is 0 Å². The van der Waals surface area contributed by atoms with Crippen molar-refractivity contribution in [2.24, 2.45) is 0 Å². The Hall–Kier alpha value is -3.38. The largest absolute Gasteiger partial charge is 0.358 e. The Morgan fingerprint density at radius 3 is 0.950 bits per heavy atom. The molecule has 0 aliphatic heterocycles. The van der Waals surface area contributed by atoms with Crippen molar-refractivity contribution in [3.8, 4) is 101 Å². The Morgan fingerprint density at radius 2 is 0.700 bits per heavy atom. The topological polar surface area (TPSA) is 0 Å². The van der Waals surface area contributed by atoms with E-state index in [4.69, 9.17) is 6.42 Å². The molecule has 0 rings (SSSR count). The van der Waals surface area contributed by atoms with Crippen molar-refractivity contribution in [3.63, 3.8) is 0 Å². The third-order valence-corrected chi connectivity index (χ3v) is 1.06. The molecule has 0 bridgehead atoms. The first-order valence-corrected chi connectivity index (χ1v) is 4.75. The van der Waals surface area contributed by atoms with Crippen molar-refractivity contribution in [1.82, 2.24) is 0 Å². The van der Waals surface area contributed by atoms with Crippen molar-refractivity contribution >= 4 is 0 Å². The third-order valence-electron chi connectivity index (χ3n) is 1.06. The number of hydrogen-bond donors (Lipinski definition) is 0. The number of rotatable bonds is 0. The van der Waals surface area contributed by atoms with E-state index in [-0.39, 0.29) is 18.6 Å². The van der Waals surface area contributed by atoms with Gasteiger partial charge in [-0.05, 0) is 83.9 Å². The summed E-state index contributed by atoms with van der Waals surface area (Å²) in [7, 11) is 0. The zero-order valence-corrected chi connectivity index (χ0v) is 11.8. The predicted molar refractivity (Wildman–Crippen MR) is 75.0 cm³/mol. The zero-order chi connectivity index (χ0) is 14.0. The van der Waals surface area contributed by atoms with E-state index in [1.54, 1.807) is 6.92 Å². The molecule has 1 heteroatoms. The van der Waals surface area contributed by atoms with E-state index in [1.807, 2.05) is 5.92 Å². The quantitative estimate of drug-likeness (QED) is 0.451. The fourth-order valence-electron chi connectivity index (χ4n) is 0.500. The second-order valence-electron chi connectivity index (χ2n) is 2.25. The van der Waals surface area contributed by atoms with Crippen LogP contribution in [0, 0.1) is 107 Å². The van der Waals surface area contributed by atoms with Crippen LogP contribution in [0.4, 0.5) is 0 Å². The Kier molecular flexibility index (Phi) is 17.1. The monoisotopic (exact) mass is 282 g/mol. The van der Waals surface area contributed by atoms with Crippen molar-refractivity contribution < 1.29 is 18.6 Å². The molecule has 85 valence electrons. The van der Waals surface area contributed by atoms with Gasteiger partial charge in [0.1, 0.15) is 0 Å². The van der Waals surface area contributed by atoms with Gasteiger partial charge < -0.3 is 6.42 Å². The van der Waals surface area contributed by atoms with Crippen LogP contribution in [0.3, 0.4) is 0 Å². The minimum Gasteiger partial charge on any atom is -0.358 e. The molecule has 0 nitrogen and oxygen atoms in total. The molecule has 0 aromatic carbocycles. The average molecular weight is 282 g/mol. The summed E-state index contributed by atoms with van der Waals surface area (Å²) >= 11 is 0. The van der Waals surface area contributed by atoms with Gasteiger partial charge in [-0.3, -0.25) is 5.92 Å². The summed E-state index contributed by atoms with van der Waals surface area (Å²) in [6.07, 6.45) is 6.49. The molecule has 0 aromatic heterocycles. The molecule has 1 radical (unpaired) electrons. The maximum atomic E-state index is 6.49. The first-order chi connectivity index (χ1) is 9.41. The van der Waals surface area contributed by atoms with Crippen LogP contribution in [0.1, 0.15) is 6.92 Å². The van der Waals surface area contributed by atoms with Crippen molar-refractivity contribution in [2.75, 3.05) is 0 Å². The summed E-state index contributed by atoms with van der Waals surface area (Å²) in [5.41, 5.74) is 0. The smallest absolute Gasteiger partial charge is 0 e. The van der Waals surface area contributed by atoms with Crippen molar-refractivity contribution in [1.29, 1.82) is 0 Å². The van der Waals surface area contributed by atoms with Crippen LogP contribution in [0.2, 0.25) is 0 Å². The molecule has 0 saturated heterocycles. The molecule has 0 fully saturated rings. The molecular formula is C19H3V-. The maximum absolute atomic E-state index is 6.49. The molecule has 0 atom stereocenters. The second-order valence-corrected chi connectivity index (χ2v) is 2.25. The van der Waals surface area contributed by atoms with Crippen LogP contribution < -0.4 is 0 Å². The Balaban J connectivity index is 0. The average Bonchev–Trinajstić information content (AvgIpc) is 2.43. The zero-order valence-electron chi connectivity index (χ0n) is 10.4. The molecule has 0 aromatic rings. The fourth-order valence-corrected chi connectivity index (χ4v) is 0.500. The van der Waals surface area contributed by atoms with E-state index in [0.29, 0.717) is 0 Å². The van der Waals surface area contributed by atoms with Gasteiger partial charge in [0.05, 0.1) is 0 Å². The van der Waals surface area contributed by atoms with E-state index in [2.05, 4.69) is 94.7 Å². The van der Waals surface area contributed by atoms with Crippen LogP contribution in [0.5, 0.6) is 0 Å². The number of hydrogen-bond acceptors (Lipinski definition) is 0. The summed E-state index contributed by atoms with van der Waals surface area (Å²) < 4.78 is 0. The SMILES string of the molecule is [C-]#CC#CC#CC#CC#CC#CC#CC#CC#CC.[V]. The molecule has 0 heterocycles. The molecule has 0 spiro atoms. The molecule has 20 heavy (non-hydrogen) atoms.